The van der Waals surface area contributed by atoms with Crippen LogP contribution in [0.5, 0.6) is 0 Å². The highest BCUT2D eigenvalue weighted by Crippen LogP contribution is 2.43. The van der Waals surface area contributed by atoms with Crippen molar-refractivity contribution in [3.63, 3.8) is 0 Å². The number of phosphoric ester groups is 1. The summed E-state index contributed by atoms with van der Waals surface area (Å²) >= 11 is 0. The minimum Gasteiger partial charge on any atom is -0.462 e. The molecule has 0 rings (SSSR count). The Labute approximate surface area is 395 Å². The van der Waals surface area contributed by atoms with E-state index in [9.17, 15) is 19.0 Å². The van der Waals surface area contributed by atoms with Crippen molar-refractivity contribution in [2.45, 2.75) is 251 Å². The van der Waals surface area contributed by atoms with Gasteiger partial charge in [-0.2, -0.15) is 0 Å². The van der Waals surface area contributed by atoms with E-state index in [-0.39, 0.29) is 26.1 Å². The first-order valence-electron chi connectivity index (χ1n) is 26.7. The molecule has 0 spiro atoms. The maximum absolute atomic E-state index is 12.8. The van der Waals surface area contributed by atoms with Gasteiger partial charge < -0.3 is 18.9 Å². The van der Waals surface area contributed by atoms with E-state index < -0.39 is 32.5 Å². The number of ether oxygens (including phenoxy) is 2. The number of nitrogens with zero attached hydrogens (tertiary/aromatic N) is 1. The molecule has 0 amide bonds. The van der Waals surface area contributed by atoms with Crippen LogP contribution in [0.4, 0.5) is 0 Å². The van der Waals surface area contributed by atoms with Gasteiger partial charge in [-0.25, -0.2) is 4.57 Å². The van der Waals surface area contributed by atoms with E-state index in [2.05, 4.69) is 50.3 Å². The van der Waals surface area contributed by atoms with E-state index in [0.717, 1.165) is 38.5 Å². The standard InChI is InChI=1S/C54H102NO8P/c1-6-8-10-12-14-16-18-20-22-24-25-26-27-28-29-31-32-34-36-38-40-42-44-46-53(56)60-50-52(51-62-64(58,59)61-49-48-55(3,4)5)63-54(57)47-45-43-41-39-37-35-33-30-23-21-19-17-15-13-11-9-7-2/h17,19,31-32,38,40,52H,6-16,18,20-30,33-37,39,41-51H2,1-5H3/p+1/b19-17+,32-31+,40-38+/t52-/m0/s1. The van der Waals surface area contributed by atoms with Crippen molar-refractivity contribution in [2.24, 2.45) is 0 Å². The molecular weight excluding hydrogens is 822 g/mol. The lowest BCUT2D eigenvalue weighted by Crippen LogP contribution is -2.37. The van der Waals surface area contributed by atoms with Crippen molar-refractivity contribution >= 4 is 19.8 Å². The first kappa shape index (κ1) is 62.2. The SMILES string of the molecule is CCCCCC/C=C/CCCCCCCCCCCC(=O)O[C@@H](COC(=O)CCC/C=C/CC/C=C/CCCCCCCCCCCCCCCC)COP(=O)(O)OCC[N+](C)(C)C. The van der Waals surface area contributed by atoms with E-state index in [4.69, 9.17) is 18.5 Å². The van der Waals surface area contributed by atoms with Gasteiger partial charge in [0.15, 0.2) is 6.10 Å². The molecule has 10 heteroatoms. The van der Waals surface area contributed by atoms with Crippen LogP contribution in [-0.4, -0.2) is 74.9 Å². The fourth-order valence-electron chi connectivity index (χ4n) is 7.44. The zero-order valence-electron chi connectivity index (χ0n) is 42.5. The molecule has 0 fully saturated rings. The number of hydrogen-bond donors (Lipinski definition) is 1. The average molecular weight is 925 g/mol. The number of likely N-dealkylation sites (N-methyl/N-ethyl adjacent to an activating group) is 1. The Morgan fingerprint density at radius 3 is 1.27 bits per heavy atom. The zero-order chi connectivity index (χ0) is 47.1. The number of rotatable bonds is 49. The van der Waals surface area contributed by atoms with Crippen LogP contribution in [0.1, 0.15) is 245 Å². The van der Waals surface area contributed by atoms with E-state index in [1.165, 1.54) is 167 Å². The average Bonchev–Trinajstić information content (AvgIpc) is 3.25. The first-order chi connectivity index (χ1) is 31.0. The third-order valence-electron chi connectivity index (χ3n) is 11.6. The third-order valence-corrected chi connectivity index (χ3v) is 12.6. The van der Waals surface area contributed by atoms with Crippen molar-refractivity contribution < 1.29 is 42.1 Å². The molecule has 0 aliphatic carbocycles. The summed E-state index contributed by atoms with van der Waals surface area (Å²) < 4.78 is 34.4. The van der Waals surface area contributed by atoms with Gasteiger partial charge in [0.05, 0.1) is 27.7 Å². The molecule has 0 aromatic carbocycles. The topological polar surface area (TPSA) is 108 Å². The van der Waals surface area contributed by atoms with Gasteiger partial charge in [-0.1, -0.05) is 198 Å². The van der Waals surface area contributed by atoms with E-state index in [0.29, 0.717) is 23.9 Å². The molecule has 2 atom stereocenters. The Morgan fingerprint density at radius 1 is 0.469 bits per heavy atom. The minimum absolute atomic E-state index is 0.0261. The van der Waals surface area contributed by atoms with Crippen molar-refractivity contribution in [2.75, 3.05) is 47.5 Å². The lowest BCUT2D eigenvalue weighted by Gasteiger charge is -2.24. The van der Waals surface area contributed by atoms with Gasteiger partial charge in [-0.05, 0) is 70.6 Å². The Hall–Kier alpha value is -1.77. The number of carbonyl (C=O) groups is 2. The highest BCUT2D eigenvalue weighted by molar-refractivity contribution is 7.47. The van der Waals surface area contributed by atoms with Crippen LogP contribution < -0.4 is 0 Å². The van der Waals surface area contributed by atoms with Gasteiger partial charge in [0.1, 0.15) is 19.8 Å². The smallest absolute Gasteiger partial charge is 0.462 e. The van der Waals surface area contributed by atoms with Gasteiger partial charge in [-0.3, -0.25) is 18.6 Å². The summed E-state index contributed by atoms with van der Waals surface area (Å²) in [4.78, 5) is 35.5. The van der Waals surface area contributed by atoms with Crippen LogP contribution in [0.25, 0.3) is 0 Å². The second-order valence-corrected chi connectivity index (χ2v) is 20.7. The highest BCUT2D eigenvalue weighted by Gasteiger charge is 2.27. The summed E-state index contributed by atoms with van der Waals surface area (Å²) in [6.45, 7) is 4.40. The molecule has 64 heavy (non-hydrogen) atoms. The summed E-state index contributed by atoms with van der Waals surface area (Å²) in [6.07, 6.45) is 55.0. The number of quaternary nitrogens is 1. The summed E-state index contributed by atoms with van der Waals surface area (Å²) in [5, 5.41) is 0. The predicted molar refractivity (Wildman–Crippen MR) is 270 cm³/mol. The van der Waals surface area contributed by atoms with E-state index in [1.807, 2.05) is 21.1 Å². The first-order valence-corrected chi connectivity index (χ1v) is 28.2. The molecule has 0 radical (unpaired) electrons. The van der Waals surface area contributed by atoms with E-state index in [1.54, 1.807) is 0 Å². The molecule has 0 aromatic rings. The summed E-state index contributed by atoms with van der Waals surface area (Å²) in [5.74, 6) is -0.842. The van der Waals surface area contributed by atoms with Crippen LogP contribution in [-0.2, 0) is 32.7 Å². The van der Waals surface area contributed by atoms with Gasteiger partial charge in [0.25, 0.3) is 0 Å². The Kier molecular flexibility index (Phi) is 45.1. The molecule has 0 aliphatic heterocycles. The van der Waals surface area contributed by atoms with Crippen molar-refractivity contribution in [1.29, 1.82) is 0 Å². The minimum atomic E-state index is -4.39. The number of hydrogen-bond acceptors (Lipinski definition) is 7. The predicted octanol–water partition coefficient (Wildman–Crippen LogP) is 16.0. The second kappa shape index (κ2) is 46.3. The Morgan fingerprint density at radius 2 is 0.828 bits per heavy atom. The monoisotopic (exact) mass is 925 g/mol. The van der Waals surface area contributed by atoms with Crippen LogP contribution >= 0.6 is 7.82 Å². The molecule has 0 aliphatic rings. The quantitative estimate of drug-likeness (QED) is 0.0211. The van der Waals surface area contributed by atoms with Crippen molar-refractivity contribution in [3.05, 3.63) is 36.5 Å². The number of allylic oxidation sites excluding steroid dienone is 6. The van der Waals surface area contributed by atoms with Gasteiger partial charge in [0.2, 0.25) is 0 Å². The summed E-state index contributed by atoms with van der Waals surface area (Å²) in [7, 11) is 1.46. The largest absolute Gasteiger partial charge is 0.472 e. The highest BCUT2D eigenvalue weighted by atomic mass is 31.2. The zero-order valence-corrected chi connectivity index (χ0v) is 43.4. The Balaban J connectivity index is 4.25. The number of carbonyl (C=O) groups excluding carboxylic acids is 2. The second-order valence-electron chi connectivity index (χ2n) is 19.2. The third kappa shape index (κ3) is 49.7. The maximum Gasteiger partial charge on any atom is 0.472 e. The van der Waals surface area contributed by atoms with Gasteiger partial charge >= 0.3 is 19.8 Å². The molecule has 1 N–H and O–H groups in total. The summed E-state index contributed by atoms with van der Waals surface area (Å²) in [5.41, 5.74) is 0. The maximum atomic E-state index is 12.8. The van der Waals surface area contributed by atoms with Crippen molar-refractivity contribution in [3.8, 4) is 0 Å². The molecule has 0 bridgehead atoms. The van der Waals surface area contributed by atoms with Gasteiger partial charge in [-0.15, -0.1) is 0 Å². The Bertz CT molecular complexity index is 1180. The van der Waals surface area contributed by atoms with E-state index >= 15 is 0 Å². The fraction of sp³-hybridized carbons (Fsp3) is 0.852. The molecule has 0 aromatic heterocycles. The van der Waals surface area contributed by atoms with Crippen LogP contribution in [0, 0.1) is 0 Å². The van der Waals surface area contributed by atoms with Crippen LogP contribution in [0.15, 0.2) is 36.5 Å². The van der Waals surface area contributed by atoms with Crippen molar-refractivity contribution in [1.82, 2.24) is 0 Å². The number of esters is 2. The molecular formula is C54H103NO8P+. The summed E-state index contributed by atoms with van der Waals surface area (Å²) in [6, 6.07) is 0. The molecule has 9 nitrogen and oxygen atoms in total. The fourth-order valence-corrected chi connectivity index (χ4v) is 8.18. The van der Waals surface area contributed by atoms with Crippen LogP contribution in [0.2, 0.25) is 0 Å². The lowest BCUT2D eigenvalue weighted by molar-refractivity contribution is -0.870. The number of unbranched alkanes of at least 4 members (excludes halogenated alkanes) is 29. The molecule has 376 valence electrons. The molecule has 0 heterocycles. The normalized spacial score (nSPS) is 13.7. The molecule has 1 unspecified atom stereocenters. The van der Waals surface area contributed by atoms with Crippen LogP contribution in [0.3, 0.4) is 0 Å². The molecule has 0 saturated heterocycles. The number of phosphoric acid groups is 1. The van der Waals surface area contributed by atoms with Gasteiger partial charge in [0, 0.05) is 12.8 Å². The lowest BCUT2D eigenvalue weighted by atomic mass is 10.0. The molecule has 0 saturated carbocycles.